The summed E-state index contributed by atoms with van der Waals surface area (Å²) in [6.45, 7) is 1.21. The van der Waals surface area contributed by atoms with Crippen LogP contribution in [0.25, 0.3) is 0 Å². The lowest BCUT2D eigenvalue weighted by Gasteiger charge is -2.11. The zero-order valence-electron chi connectivity index (χ0n) is 11.4. The molecule has 6 heteroatoms. The van der Waals surface area contributed by atoms with E-state index in [0.717, 1.165) is 17.0 Å². The Balaban J connectivity index is 1.43. The van der Waals surface area contributed by atoms with Crippen molar-refractivity contribution in [1.82, 2.24) is 25.5 Å². The lowest BCUT2D eigenvalue weighted by atomic mass is 10.1. The molecule has 1 aliphatic carbocycles. The van der Waals surface area contributed by atoms with E-state index in [1.165, 1.54) is 57.9 Å². The van der Waals surface area contributed by atoms with Gasteiger partial charge < -0.3 is 5.32 Å². The average Bonchev–Trinajstić information content (AvgIpc) is 3.15. The van der Waals surface area contributed by atoms with Gasteiger partial charge in [0.15, 0.2) is 0 Å². The van der Waals surface area contributed by atoms with E-state index in [2.05, 4.69) is 25.5 Å². The molecule has 0 spiro atoms. The van der Waals surface area contributed by atoms with E-state index in [0.29, 0.717) is 6.04 Å². The third-order valence-corrected chi connectivity index (χ3v) is 5.24. The summed E-state index contributed by atoms with van der Waals surface area (Å²) in [5.41, 5.74) is 0. The molecule has 3 rings (SSSR count). The van der Waals surface area contributed by atoms with Crippen LogP contribution in [-0.2, 0) is 0 Å². The maximum Gasteiger partial charge on any atom is 0.209 e. The lowest BCUT2D eigenvalue weighted by Crippen LogP contribution is -2.21. The van der Waals surface area contributed by atoms with Crippen LogP contribution in [0, 0.1) is 0 Å². The van der Waals surface area contributed by atoms with E-state index in [1.54, 1.807) is 0 Å². The van der Waals surface area contributed by atoms with Crippen molar-refractivity contribution in [2.24, 2.45) is 0 Å². The summed E-state index contributed by atoms with van der Waals surface area (Å²) in [4.78, 5) is 0. The van der Waals surface area contributed by atoms with Gasteiger partial charge >= 0.3 is 0 Å². The molecule has 0 amide bonds. The number of aromatic nitrogens is 4. The number of hydrogen-bond acceptors (Lipinski definition) is 5. The largest absolute Gasteiger partial charge is 0.314 e. The fourth-order valence-corrected chi connectivity index (χ4v) is 4.06. The van der Waals surface area contributed by atoms with Gasteiger partial charge in [-0.05, 0) is 55.5 Å². The first-order valence-electron chi connectivity index (χ1n) is 7.57. The second kappa shape index (κ2) is 6.70. The van der Waals surface area contributed by atoms with Gasteiger partial charge in [-0.15, -0.1) is 5.10 Å². The summed E-state index contributed by atoms with van der Waals surface area (Å²) < 4.78 is 2.06. The molecule has 1 N–H and O–H groups in total. The van der Waals surface area contributed by atoms with Gasteiger partial charge in [0.25, 0.3) is 0 Å². The van der Waals surface area contributed by atoms with Crippen molar-refractivity contribution in [3.05, 3.63) is 0 Å². The summed E-state index contributed by atoms with van der Waals surface area (Å²) in [5.74, 6) is 1.13. The summed E-state index contributed by atoms with van der Waals surface area (Å²) in [5, 5.41) is 16.8. The molecule has 1 saturated heterocycles. The molecule has 0 aromatic carbocycles. The van der Waals surface area contributed by atoms with E-state index in [4.69, 9.17) is 0 Å². The predicted octanol–water partition coefficient (Wildman–Crippen LogP) is 2.41. The van der Waals surface area contributed by atoms with Crippen LogP contribution in [0.2, 0.25) is 0 Å². The summed E-state index contributed by atoms with van der Waals surface area (Å²) in [6, 6.07) is 1.31. The van der Waals surface area contributed by atoms with Crippen LogP contribution in [0.1, 0.15) is 57.4 Å². The highest BCUT2D eigenvalue weighted by atomic mass is 32.2. The van der Waals surface area contributed by atoms with Gasteiger partial charge in [-0.1, -0.05) is 24.6 Å². The third kappa shape index (κ3) is 3.48. The Morgan fingerprint density at radius 2 is 2.11 bits per heavy atom. The molecule has 106 valence electrons. The quantitative estimate of drug-likeness (QED) is 0.641. The predicted molar refractivity (Wildman–Crippen MR) is 76.3 cm³/mol. The summed E-state index contributed by atoms with van der Waals surface area (Å²) in [6.07, 6.45) is 10.4. The van der Waals surface area contributed by atoms with E-state index < -0.39 is 0 Å². The van der Waals surface area contributed by atoms with Crippen molar-refractivity contribution in [2.75, 3.05) is 12.3 Å². The smallest absolute Gasteiger partial charge is 0.209 e. The fraction of sp³-hybridized carbons (Fsp3) is 0.923. The second-order valence-corrected chi connectivity index (χ2v) is 6.69. The Kier molecular flexibility index (Phi) is 4.71. The minimum atomic E-state index is 0.550. The first kappa shape index (κ1) is 13.4. The minimum absolute atomic E-state index is 0.550. The average molecular weight is 281 g/mol. The van der Waals surface area contributed by atoms with Crippen LogP contribution in [0.3, 0.4) is 0 Å². The normalized spacial score (nSPS) is 24.3. The molecule has 2 fully saturated rings. The van der Waals surface area contributed by atoms with Crippen molar-refractivity contribution in [1.29, 1.82) is 0 Å². The number of rotatable bonds is 6. The number of tetrazole rings is 1. The Labute approximate surface area is 118 Å². The Morgan fingerprint density at radius 3 is 2.89 bits per heavy atom. The first-order valence-corrected chi connectivity index (χ1v) is 8.56. The highest BCUT2D eigenvalue weighted by Gasteiger charge is 2.21. The molecular formula is C13H23N5S. The molecule has 1 atom stereocenters. The third-order valence-electron chi connectivity index (χ3n) is 4.22. The molecule has 1 saturated carbocycles. The van der Waals surface area contributed by atoms with Crippen LogP contribution in [0.5, 0.6) is 0 Å². The molecule has 1 aliphatic heterocycles. The van der Waals surface area contributed by atoms with Gasteiger partial charge in [0.2, 0.25) is 5.16 Å². The van der Waals surface area contributed by atoms with Crippen molar-refractivity contribution in [3.8, 4) is 0 Å². The van der Waals surface area contributed by atoms with Crippen LogP contribution >= 0.6 is 11.8 Å². The topological polar surface area (TPSA) is 55.6 Å². The van der Waals surface area contributed by atoms with Crippen LogP contribution in [0.15, 0.2) is 5.16 Å². The molecule has 5 nitrogen and oxygen atoms in total. The number of nitrogens with zero attached hydrogens (tertiary/aromatic N) is 4. The zero-order valence-corrected chi connectivity index (χ0v) is 12.2. The highest BCUT2D eigenvalue weighted by Crippen LogP contribution is 2.31. The van der Waals surface area contributed by atoms with E-state index >= 15 is 0 Å². The van der Waals surface area contributed by atoms with Crippen LogP contribution < -0.4 is 5.32 Å². The molecule has 1 unspecified atom stereocenters. The van der Waals surface area contributed by atoms with Gasteiger partial charge in [0.1, 0.15) is 0 Å². The first-order chi connectivity index (χ1) is 9.43. The maximum absolute atomic E-state index is 4.18. The minimum Gasteiger partial charge on any atom is -0.314 e. The zero-order chi connectivity index (χ0) is 12.9. The van der Waals surface area contributed by atoms with Gasteiger partial charge in [-0.2, -0.15) is 0 Å². The van der Waals surface area contributed by atoms with Gasteiger partial charge in [-0.3, -0.25) is 0 Å². The monoisotopic (exact) mass is 281 g/mol. The SMILES string of the molecule is C1CNC(CCCSc2nnnn2C2CCCC2)C1. The van der Waals surface area contributed by atoms with Crippen molar-refractivity contribution < 1.29 is 0 Å². The highest BCUT2D eigenvalue weighted by molar-refractivity contribution is 7.99. The van der Waals surface area contributed by atoms with Crippen molar-refractivity contribution in [2.45, 2.75) is 68.6 Å². The standard InChI is InChI=1S/C13H23N5S/c1-2-8-12(7-1)18-13(15-16-17-18)19-10-4-6-11-5-3-9-14-11/h11-12,14H,1-10H2. The Bertz CT molecular complexity index is 382. The molecule has 2 aliphatic rings. The number of nitrogens with one attached hydrogen (secondary N) is 1. The van der Waals surface area contributed by atoms with Gasteiger partial charge in [0, 0.05) is 11.8 Å². The summed E-state index contributed by atoms with van der Waals surface area (Å²) in [7, 11) is 0. The van der Waals surface area contributed by atoms with Gasteiger partial charge in [0.05, 0.1) is 6.04 Å². The second-order valence-electron chi connectivity index (χ2n) is 5.63. The molecule has 0 radical (unpaired) electrons. The molecule has 2 heterocycles. The molecular weight excluding hydrogens is 258 g/mol. The maximum atomic E-state index is 4.18. The van der Waals surface area contributed by atoms with Crippen molar-refractivity contribution in [3.63, 3.8) is 0 Å². The molecule has 1 aromatic heterocycles. The molecule has 0 bridgehead atoms. The Morgan fingerprint density at radius 1 is 1.21 bits per heavy atom. The molecule has 19 heavy (non-hydrogen) atoms. The van der Waals surface area contributed by atoms with E-state index in [-0.39, 0.29) is 0 Å². The van der Waals surface area contributed by atoms with E-state index in [1.807, 2.05) is 11.8 Å². The van der Waals surface area contributed by atoms with Crippen molar-refractivity contribution >= 4 is 11.8 Å². The lowest BCUT2D eigenvalue weighted by molar-refractivity contribution is 0.423. The molecule has 1 aromatic rings. The van der Waals surface area contributed by atoms with Crippen LogP contribution in [0.4, 0.5) is 0 Å². The van der Waals surface area contributed by atoms with E-state index in [9.17, 15) is 0 Å². The van der Waals surface area contributed by atoms with Crippen LogP contribution in [-0.4, -0.2) is 38.5 Å². The summed E-state index contributed by atoms with van der Waals surface area (Å²) >= 11 is 1.82. The Hall–Kier alpha value is -0.620. The fourth-order valence-electron chi connectivity index (χ4n) is 3.15. The number of hydrogen-bond donors (Lipinski definition) is 1. The number of thioether (sulfide) groups is 1. The van der Waals surface area contributed by atoms with Gasteiger partial charge in [-0.25, -0.2) is 4.68 Å².